The molecule has 2 aliphatic rings. The number of carboxylic acids is 1. The summed E-state index contributed by atoms with van der Waals surface area (Å²) in [6.45, 7) is 1.67. The van der Waals surface area contributed by atoms with Gasteiger partial charge in [-0.05, 0) is 25.2 Å². The summed E-state index contributed by atoms with van der Waals surface area (Å²) in [7, 11) is 0. The highest BCUT2D eigenvalue weighted by atomic mass is 19.1. The second-order valence-electron chi connectivity index (χ2n) is 5.22. The maximum absolute atomic E-state index is 13.8. The summed E-state index contributed by atoms with van der Waals surface area (Å²) in [6.07, 6.45) is -0.0396. The number of nitrogens with two attached hydrogens (primary N) is 1. The summed E-state index contributed by atoms with van der Waals surface area (Å²) in [5.41, 5.74) is 4.03. The first kappa shape index (κ1) is 12.7. The summed E-state index contributed by atoms with van der Waals surface area (Å²) < 4.78 is 24.0. The third kappa shape index (κ3) is 2.94. The van der Waals surface area contributed by atoms with Crippen molar-refractivity contribution in [2.45, 2.75) is 44.2 Å². The molecule has 98 valence electrons. The van der Waals surface area contributed by atoms with Crippen LogP contribution in [-0.4, -0.2) is 35.9 Å². The molecular formula is C11H18FNO4. The van der Waals surface area contributed by atoms with Crippen LogP contribution in [-0.2, 0) is 14.3 Å². The van der Waals surface area contributed by atoms with E-state index < -0.39 is 17.7 Å². The van der Waals surface area contributed by atoms with Gasteiger partial charge in [0.1, 0.15) is 11.7 Å². The summed E-state index contributed by atoms with van der Waals surface area (Å²) in [5, 5.41) is 8.82. The molecule has 2 fully saturated rings. The van der Waals surface area contributed by atoms with Crippen molar-refractivity contribution >= 4 is 5.97 Å². The Balaban J connectivity index is 1.74. The largest absolute Gasteiger partial charge is 0.480 e. The molecular weight excluding hydrogens is 229 g/mol. The minimum Gasteiger partial charge on any atom is -0.480 e. The molecule has 1 aliphatic carbocycles. The molecule has 0 bridgehead atoms. The zero-order valence-electron chi connectivity index (χ0n) is 9.77. The first-order chi connectivity index (χ1) is 7.90. The predicted octanol–water partition coefficient (Wildman–Crippen LogP) is 0.873. The molecule has 17 heavy (non-hydrogen) atoms. The molecule has 0 amide bonds. The average molecular weight is 247 g/mol. The molecule has 1 aliphatic heterocycles. The smallest absolute Gasteiger partial charge is 0.323 e. The fourth-order valence-corrected chi connectivity index (χ4v) is 2.18. The maximum atomic E-state index is 13.8. The van der Waals surface area contributed by atoms with Gasteiger partial charge < -0.3 is 20.3 Å². The molecule has 2 rings (SSSR count). The molecule has 3 N–H and O–H groups in total. The van der Waals surface area contributed by atoms with E-state index in [4.69, 9.17) is 20.3 Å². The summed E-state index contributed by atoms with van der Waals surface area (Å²) >= 11 is 0. The topological polar surface area (TPSA) is 81.8 Å². The number of aliphatic carboxylic acids is 1. The predicted molar refractivity (Wildman–Crippen MR) is 56.8 cm³/mol. The van der Waals surface area contributed by atoms with E-state index in [9.17, 15) is 9.18 Å². The highest BCUT2D eigenvalue weighted by Gasteiger charge is 2.48. The van der Waals surface area contributed by atoms with E-state index in [2.05, 4.69) is 0 Å². The Bertz CT molecular complexity index is 306. The van der Waals surface area contributed by atoms with Crippen molar-refractivity contribution in [1.29, 1.82) is 0 Å². The van der Waals surface area contributed by atoms with Crippen LogP contribution in [0.1, 0.15) is 26.2 Å². The number of ether oxygens (including phenoxy) is 2. The Morgan fingerprint density at radius 2 is 2.29 bits per heavy atom. The molecule has 1 heterocycles. The normalized spacial score (nSPS) is 33.6. The highest BCUT2D eigenvalue weighted by Crippen LogP contribution is 2.48. The third-order valence-electron chi connectivity index (χ3n) is 3.55. The van der Waals surface area contributed by atoms with E-state index in [-0.39, 0.29) is 24.5 Å². The Hall–Kier alpha value is -0.720. The number of carboxylic acid groups (broad SMARTS) is 1. The van der Waals surface area contributed by atoms with Gasteiger partial charge in [0.25, 0.3) is 0 Å². The Morgan fingerprint density at radius 1 is 1.65 bits per heavy atom. The van der Waals surface area contributed by atoms with Crippen molar-refractivity contribution < 1.29 is 23.8 Å². The first-order valence-electron chi connectivity index (χ1n) is 5.79. The van der Waals surface area contributed by atoms with Gasteiger partial charge in [0, 0.05) is 12.8 Å². The molecule has 0 spiro atoms. The van der Waals surface area contributed by atoms with Crippen LogP contribution in [0.2, 0.25) is 0 Å². The van der Waals surface area contributed by atoms with Gasteiger partial charge >= 0.3 is 5.97 Å². The number of carbonyl (C=O) groups is 1. The van der Waals surface area contributed by atoms with Crippen molar-refractivity contribution in [1.82, 2.24) is 0 Å². The fourth-order valence-electron chi connectivity index (χ4n) is 2.18. The van der Waals surface area contributed by atoms with E-state index in [0.717, 1.165) is 6.42 Å². The SMILES string of the molecule is C[C@@](N)(C[C@@H](F)[C@@H]1C[C@H]1CC1OCO1)C(=O)O. The van der Waals surface area contributed by atoms with E-state index in [0.29, 0.717) is 13.2 Å². The molecule has 0 aromatic carbocycles. The molecule has 0 radical (unpaired) electrons. The van der Waals surface area contributed by atoms with Gasteiger partial charge in [-0.1, -0.05) is 0 Å². The number of hydrogen-bond acceptors (Lipinski definition) is 4. The van der Waals surface area contributed by atoms with E-state index in [1.165, 1.54) is 6.92 Å². The molecule has 1 saturated carbocycles. The van der Waals surface area contributed by atoms with E-state index in [1.807, 2.05) is 0 Å². The van der Waals surface area contributed by atoms with Gasteiger partial charge in [-0.15, -0.1) is 0 Å². The van der Waals surface area contributed by atoms with Gasteiger partial charge in [-0.2, -0.15) is 0 Å². The van der Waals surface area contributed by atoms with Crippen molar-refractivity contribution in [2.24, 2.45) is 17.6 Å². The highest BCUT2D eigenvalue weighted by molar-refractivity contribution is 5.77. The van der Waals surface area contributed by atoms with Crippen LogP contribution in [0.3, 0.4) is 0 Å². The maximum Gasteiger partial charge on any atom is 0.323 e. The van der Waals surface area contributed by atoms with Gasteiger partial charge in [-0.25, -0.2) is 4.39 Å². The molecule has 6 heteroatoms. The van der Waals surface area contributed by atoms with E-state index in [1.54, 1.807) is 0 Å². The lowest BCUT2D eigenvalue weighted by Gasteiger charge is -2.27. The van der Waals surface area contributed by atoms with Crippen LogP contribution in [0.5, 0.6) is 0 Å². The molecule has 5 nitrogen and oxygen atoms in total. The van der Waals surface area contributed by atoms with Crippen LogP contribution < -0.4 is 5.73 Å². The number of alkyl halides is 1. The first-order valence-corrected chi connectivity index (χ1v) is 5.79. The van der Waals surface area contributed by atoms with Crippen LogP contribution in [0.25, 0.3) is 0 Å². The van der Waals surface area contributed by atoms with Crippen LogP contribution in [0.4, 0.5) is 4.39 Å². The lowest BCUT2D eigenvalue weighted by atomic mass is 9.94. The molecule has 1 saturated heterocycles. The van der Waals surface area contributed by atoms with Crippen molar-refractivity contribution in [3.8, 4) is 0 Å². The van der Waals surface area contributed by atoms with Crippen molar-refractivity contribution in [3.63, 3.8) is 0 Å². The standard InChI is InChI=1S/C11H18FNO4/c1-11(13,10(14)15)4-8(12)7-2-6(7)3-9-16-5-17-9/h6-9H,2-5,13H2,1H3,(H,14,15)/t6-,7+,8+,11+/m0/s1. The second-order valence-corrected chi connectivity index (χ2v) is 5.22. The Labute approximate surface area is 99.1 Å². The van der Waals surface area contributed by atoms with Crippen LogP contribution >= 0.6 is 0 Å². The van der Waals surface area contributed by atoms with Crippen LogP contribution in [0, 0.1) is 11.8 Å². The average Bonchev–Trinajstić information content (AvgIpc) is 2.89. The Morgan fingerprint density at radius 3 is 2.76 bits per heavy atom. The molecule has 0 unspecified atom stereocenters. The third-order valence-corrected chi connectivity index (χ3v) is 3.55. The lowest BCUT2D eigenvalue weighted by Crippen LogP contribution is -2.47. The minimum atomic E-state index is -1.49. The summed E-state index contributed by atoms with van der Waals surface area (Å²) in [6, 6.07) is 0. The van der Waals surface area contributed by atoms with Gasteiger partial charge in [0.2, 0.25) is 0 Å². The van der Waals surface area contributed by atoms with Crippen LogP contribution in [0.15, 0.2) is 0 Å². The molecule has 0 aromatic heterocycles. The monoisotopic (exact) mass is 247 g/mol. The van der Waals surface area contributed by atoms with Crippen molar-refractivity contribution in [2.75, 3.05) is 6.79 Å². The molecule has 0 aromatic rings. The van der Waals surface area contributed by atoms with Gasteiger partial charge in [-0.3, -0.25) is 4.79 Å². The quantitative estimate of drug-likeness (QED) is 0.728. The number of halogens is 1. The second kappa shape index (κ2) is 4.51. The summed E-state index contributed by atoms with van der Waals surface area (Å²) in [5.74, 6) is -1.02. The van der Waals surface area contributed by atoms with Gasteiger partial charge in [0.15, 0.2) is 13.1 Å². The summed E-state index contributed by atoms with van der Waals surface area (Å²) in [4.78, 5) is 10.8. The Kier molecular flexibility index (Phi) is 3.38. The number of rotatable bonds is 6. The zero-order valence-corrected chi connectivity index (χ0v) is 9.77. The minimum absolute atomic E-state index is 0.0926. The molecule has 4 atom stereocenters. The lowest BCUT2D eigenvalue weighted by molar-refractivity contribution is -0.323. The van der Waals surface area contributed by atoms with Crippen molar-refractivity contribution in [3.05, 3.63) is 0 Å². The zero-order chi connectivity index (χ0) is 12.6. The van der Waals surface area contributed by atoms with Gasteiger partial charge in [0.05, 0.1) is 0 Å². The fraction of sp³-hybridized carbons (Fsp3) is 0.909. The van der Waals surface area contributed by atoms with E-state index >= 15 is 0 Å². The number of hydrogen-bond donors (Lipinski definition) is 2.